The van der Waals surface area contributed by atoms with Crippen molar-refractivity contribution in [3.05, 3.63) is 161 Å². The minimum absolute atomic E-state index is 0.178. The number of aliphatic carboxylic acids is 1. The molecule has 10 nitrogen and oxygen atoms in total. The van der Waals surface area contributed by atoms with E-state index < -0.39 is 35.3 Å². The van der Waals surface area contributed by atoms with Gasteiger partial charge in [-0.1, -0.05) is 109 Å². The van der Waals surface area contributed by atoms with Crippen LogP contribution in [-0.4, -0.2) is 40.4 Å². The number of esters is 1. The Kier molecular flexibility index (Phi) is 13.5. The lowest BCUT2D eigenvalue weighted by molar-refractivity contribution is -0.146. The van der Waals surface area contributed by atoms with Gasteiger partial charge >= 0.3 is 18.0 Å². The van der Waals surface area contributed by atoms with Crippen molar-refractivity contribution in [1.82, 2.24) is 5.32 Å². The van der Waals surface area contributed by atoms with Crippen molar-refractivity contribution in [3.8, 4) is 17.2 Å². The zero-order valence-corrected chi connectivity index (χ0v) is 31.5. The summed E-state index contributed by atoms with van der Waals surface area (Å²) in [7, 11) is 0. The smallest absolute Gasteiger partial charge is 0.408 e. The minimum Gasteiger partial charge on any atom is -0.488 e. The van der Waals surface area contributed by atoms with Crippen LogP contribution in [0.15, 0.2) is 133 Å². The van der Waals surface area contributed by atoms with Crippen LogP contribution in [0.1, 0.15) is 66.7 Å². The van der Waals surface area contributed by atoms with E-state index in [-0.39, 0.29) is 38.2 Å². The van der Waals surface area contributed by atoms with Crippen molar-refractivity contribution >= 4 is 18.0 Å². The van der Waals surface area contributed by atoms with Gasteiger partial charge in [-0.3, -0.25) is 0 Å². The van der Waals surface area contributed by atoms with E-state index in [4.69, 9.17) is 23.7 Å². The van der Waals surface area contributed by atoms with Gasteiger partial charge in [-0.2, -0.15) is 0 Å². The van der Waals surface area contributed by atoms with Crippen LogP contribution >= 0.6 is 0 Å². The molecule has 2 atom stereocenters. The van der Waals surface area contributed by atoms with E-state index in [9.17, 15) is 19.5 Å². The number of carbonyl (C=O) groups is 3. The molecule has 0 heterocycles. The van der Waals surface area contributed by atoms with Gasteiger partial charge in [-0.15, -0.1) is 0 Å². The molecule has 0 bridgehead atoms. The molecule has 5 aromatic carbocycles. The van der Waals surface area contributed by atoms with E-state index >= 15 is 0 Å². The van der Waals surface area contributed by atoms with E-state index in [0.717, 1.165) is 16.7 Å². The van der Waals surface area contributed by atoms with Gasteiger partial charge < -0.3 is 34.1 Å². The molecule has 0 saturated carbocycles. The zero-order chi connectivity index (χ0) is 39.3. The number of amides is 1. The molecule has 0 aliphatic heterocycles. The number of benzene rings is 5. The average Bonchev–Trinajstić information content (AvgIpc) is 3.16. The number of carbonyl (C=O) groups excluding carboxylic acids is 2. The summed E-state index contributed by atoms with van der Waals surface area (Å²) in [5.74, 6) is -0.883. The van der Waals surface area contributed by atoms with Gasteiger partial charge in [-0.25, -0.2) is 14.4 Å². The highest BCUT2D eigenvalue weighted by atomic mass is 16.6. The van der Waals surface area contributed by atoms with E-state index in [0.29, 0.717) is 22.8 Å². The van der Waals surface area contributed by atoms with Crippen LogP contribution in [0.25, 0.3) is 0 Å². The van der Waals surface area contributed by atoms with Crippen molar-refractivity contribution in [1.29, 1.82) is 0 Å². The Hall–Kier alpha value is -6.29. The molecule has 0 spiro atoms. The molecule has 1 unspecified atom stereocenters. The molecular weight excluding hydrogens is 698 g/mol. The Morgan fingerprint density at radius 2 is 1.11 bits per heavy atom. The van der Waals surface area contributed by atoms with Crippen molar-refractivity contribution in [2.75, 3.05) is 0 Å². The fourth-order valence-electron chi connectivity index (χ4n) is 5.87. The summed E-state index contributed by atoms with van der Waals surface area (Å²) in [6, 6.07) is 40.6. The molecule has 1 amide bonds. The lowest BCUT2D eigenvalue weighted by Crippen LogP contribution is -2.58. The topological polar surface area (TPSA) is 130 Å². The summed E-state index contributed by atoms with van der Waals surface area (Å²) in [5.41, 5.74) is 0.616. The van der Waals surface area contributed by atoms with Crippen LogP contribution in [-0.2, 0) is 40.5 Å². The number of hydrogen-bond acceptors (Lipinski definition) is 8. The highest BCUT2D eigenvalue weighted by molar-refractivity contribution is 5.92. The number of carboxylic acids is 1. The van der Waals surface area contributed by atoms with Gasteiger partial charge in [0.05, 0.1) is 0 Å². The van der Waals surface area contributed by atoms with E-state index in [1.165, 1.54) is 0 Å². The summed E-state index contributed by atoms with van der Waals surface area (Å²) >= 11 is 0. The third kappa shape index (κ3) is 12.1. The molecule has 5 rings (SSSR count). The van der Waals surface area contributed by atoms with Crippen molar-refractivity contribution < 1.29 is 43.2 Å². The van der Waals surface area contributed by atoms with Gasteiger partial charge in [0.2, 0.25) is 0 Å². The third-order valence-corrected chi connectivity index (χ3v) is 8.43. The lowest BCUT2D eigenvalue weighted by Gasteiger charge is -2.34. The first-order chi connectivity index (χ1) is 26.4. The van der Waals surface area contributed by atoms with Crippen LogP contribution in [0.3, 0.4) is 0 Å². The number of ether oxygens (including phenoxy) is 5. The Bertz CT molecular complexity index is 2010. The van der Waals surface area contributed by atoms with Crippen LogP contribution in [0, 0.1) is 0 Å². The normalized spacial score (nSPS) is 12.7. The molecule has 10 heteroatoms. The monoisotopic (exact) mass is 745 g/mol. The molecule has 2 N–H and O–H groups in total. The summed E-state index contributed by atoms with van der Waals surface area (Å²) in [4.78, 5) is 40.1. The fraction of sp³-hybridized carbons (Fsp3) is 0.267. The van der Waals surface area contributed by atoms with Gasteiger partial charge in [-0.05, 0) is 74.2 Å². The maximum Gasteiger partial charge on any atom is 0.408 e. The van der Waals surface area contributed by atoms with Crippen molar-refractivity contribution in [2.24, 2.45) is 0 Å². The molecule has 0 fully saturated rings. The molecular formula is C45H47NO9. The Labute approximate surface area is 322 Å². The second-order valence-corrected chi connectivity index (χ2v) is 14.2. The van der Waals surface area contributed by atoms with Gasteiger partial charge in [0, 0.05) is 12.8 Å². The number of nitrogens with one attached hydrogen (secondary N) is 1. The molecule has 0 saturated heterocycles. The van der Waals surface area contributed by atoms with E-state index in [2.05, 4.69) is 5.32 Å². The molecule has 55 heavy (non-hydrogen) atoms. The quantitative estimate of drug-likeness (QED) is 0.0897. The van der Waals surface area contributed by atoms with E-state index in [1.807, 2.05) is 91.0 Å². The number of alkyl carbamates (subject to hydrolysis) is 1. The lowest BCUT2D eigenvalue weighted by atomic mass is 9.85. The Morgan fingerprint density at radius 3 is 1.64 bits per heavy atom. The molecule has 0 aliphatic carbocycles. The molecule has 286 valence electrons. The van der Waals surface area contributed by atoms with Crippen molar-refractivity contribution in [2.45, 2.75) is 77.6 Å². The van der Waals surface area contributed by atoms with Gasteiger partial charge in [0.25, 0.3) is 0 Å². The number of para-hydroxylation sites is 1. The van der Waals surface area contributed by atoms with Gasteiger partial charge in [0.1, 0.15) is 48.4 Å². The van der Waals surface area contributed by atoms with Crippen LogP contribution in [0.2, 0.25) is 0 Å². The SMILES string of the molecule is C[C@@H](CC(Cc1ccc(OCc2ccccc2)c(OCc2ccccc2)c1)(NC(=O)OC(C)(C)C)C(=O)O)OC(=O)c1ccccc1OCc1ccccc1. The first kappa shape index (κ1) is 39.9. The second-order valence-electron chi connectivity index (χ2n) is 14.2. The maximum atomic E-state index is 13.6. The summed E-state index contributed by atoms with van der Waals surface area (Å²) in [6.45, 7) is 7.37. The Morgan fingerprint density at radius 1 is 0.618 bits per heavy atom. The molecule has 0 aromatic heterocycles. The summed E-state index contributed by atoms with van der Waals surface area (Å²) in [5, 5.41) is 13.5. The highest BCUT2D eigenvalue weighted by Gasteiger charge is 2.44. The predicted molar refractivity (Wildman–Crippen MR) is 208 cm³/mol. The average molecular weight is 746 g/mol. The number of rotatable bonds is 17. The first-order valence-corrected chi connectivity index (χ1v) is 18.1. The fourth-order valence-corrected chi connectivity index (χ4v) is 5.87. The summed E-state index contributed by atoms with van der Waals surface area (Å²) < 4.78 is 29.7. The number of carboxylic acid groups (broad SMARTS) is 1. The molecule has 0 radical (unpaired) electrons. The first-order valence-electron chi connectivity index (χ1n) is 18.1. The second kappa shape index (κ2) is 18.6. The largest absolute Gasteiger partial charge is 0.488 e. The van der Waals surface area contributed by atoms with Crippen molar-refractivity contribution in [3.63, 3.8) is 0 Å². The predicted octanol–water partition coefficient (Wildman–Crippen LogP) is 8.95. The van der Waals surface area contributed by atoms with Crippen LogP contribution in [0.4, 0.5) is 4.79 Å². The van der Waals surface area contributed by atoms with Crippen LogP contribution in [0.5, 0.6) is 17.2 Å². The van der Waals surface area contributed by atoms with E-state index in [1.54, 1.807) is 70.2 Å². The summed E-state index contributed by atoms with van der Waals surface area (Å²) in [6.07, 6.45) is -2.42. The van der Waals surface area contributed by atoms with Crippen LogP contribution < -0.4 is 19.5 Å². The zero-order valence-electron chi connectivity index (χ0n) is 31.5. The third-order valence-electron chi connectivity index (χ3n) is 8.43. The molecule has 0 aliphatic rings. The minimum atomic E-state index is -1.98. The molecule has 5 aromatic rings. The van der Waals surface area contributed by atoms with Gasteiger partial charge in [0.15, 0.2) is 11.5 Å². The Balaban J connectivity index is 1.40. The maximum absolute atomic E-state index is 13.6. The highest BCUT2D eigenvalue weighted by Crippen LogP contribution is 2.33. The number of hydrogen-bond donors (Lipinski definition) is 2. The standard InChI is InChI=1S/C45H47NO9/c1-32(54-41(47)37-22-14-15-23-38(37)51-29-33-16-8-5-9-17-33)27-45(42(48)49,46-43(50)55-44(2,3)4)28-36-24-25-39(52-30-34-18-10-6-11-19-34)40(26-36)53-31-35-20-12-7-13-21-35/h5-26,32H,27-31H2,1-4H3,(H,46,50)(H,48,49)/t32-,45?/m0/s1.